The molecule has 3 nitrogen and oxygen atoms in total. The van der Waals surface area contributed by atoms with Gasteiger partial charge < -0.3 is 9.73 Å². The van der Waals surface area contributed by atoms with Crippen LogP contribution in [0.25, 0.3) is 0 Å². The van der Waals surface area contributed by atoms with E-state index in [-0.39, 0.29) is 17.9 Å². The predicted octanol–water partition coefficient (Wildman–Crippen LogP) is 2.37. The van der Waals surface area contributed by atoms with E-state index in [4.69, 9.17) is 4.42 Å². The average Bonchev–Trinajstić information content (AvgIpc) is 2.79. The maximum atomic E-state index is 11.7. The van der Waals surface area contributed by atoms with E-state index in [9.17, 15) is 4.79 Å². The molecule has 0 unspecified atom stereocenters. The monoisotopic (exact) mass is 221 g/mol. The van der Waals surface area contributed by atoms with Crippen molar-refractivity contribution in [2.24, 2.45) is 11.8 Å². The van der Waals surface area contributed by atoms with Crippen LogP contribution in [0.5, 0.6) is 0 Å². The number of carbonyl (C=O) groups excluding carboxylic acids is 1. The molecule has 1 aliphatic carbocycles. The molecule has 3 heteroatoms. The van der Waals surface area contributed by atoms with Crippen LogP contribution in [-0.2, 0) is 11.2 Å². The minimum absolute atomic E-state index is 0.222. The number of hydrogen-bond acceptors (Lipinski definition) is 2. The standard InChI is InChI=1S/C13H19NO2/c1-9-8-12(9)13(15)14-10(2)5-6-11-4-3-7-16-11/h3-4,7,9-10,12H,5-6,8H2,1-2H3,(H,14,15)/t9-,10+,12-/m0/s1. The van der Waals surface area contributed by atoms with Gasteiger partial charge in [-0.15, -0.1) is 0 Å². The summed E-state index contributed by atoms with van der Waals surface area (Å²) in [5.41, 5.74) is 0. The summed E-state index contributed by atoms with van der Waals surface area (Å²) in [7, 11) is 0. The van der Waals surface area contributed by atoms with Gasteiger partial charge in [-0.25, -0.2) is 0 Å². The van der Waals surface area contributed by atoms with E-state index in [1.165, 1.54) is 0 Å². The van der Waals surface area contributed by atoms with Crippen molar-refractivity contribution in [3.63, 3.8) is 0 Å². The molecule has 0 saturated heterocycles. The molecule has 16 heavy (non-hydrogen) atoms. The second-order valence-electron chi connectivity index (χ2n) is 4.85. The first kappa shape index (κ1) is 11.2. The normalized spacial score (nSPS) is 25.1. The molecule has 0 bridgehead atoms. The van der Waals surface area contributed by atoms with E-state index >= 15 is 0 Å². The number of nitrogens with one attached hydrogen (secondary N) is 1. The maximum absolute atomic E-state index is 11.7. The van der Waals surface area contributed by atoms with Gasteiger partial charge in [0.15, 0.2) is 0 Å². The lowest BCUT2D eigenvalue weighted by atomic mass is 10.1. The van der Waals surface area contributed by atoms with Crippen LogP contribution in [0, 0.1) is 11.8 Å². The zero-order valence-corrected chi connectivity index (χ0v) is 9.90. The highest BCUT2D eigenvalue weighted by atomic mass is 16.3. The zero-order valence-electron chi connectivity index (χ0n) is 9.90. The van der Waals surface area contributed by atoms with Crippen LogP contribution in [0.4, 0.5) is 0 Å². The molecule has 1 heterocycles. The Hall–Kier alpha value is -1.25. The smallest absolute Gasteiger partial charge is 0.223 e. The highest BCUT2D eigenvalue weighted by Crippen LogP contribution is 2.37. The first-order valence-electron chi connectivity index (χ1n) is 5.99. The van der Waals surface area contributed by atoms with Crippen molar-refractivity contribution in [2.75, 3.05) is 0 Å². The molecule has 1 saturated carbocycles. The summed E-state index contributed by atoms with van der Waals surface area (Å²) in [5.74, 6) is 2.06. The second kappa shape index (κ2) is 4.73. The summed E-state index contributed by atoms with van der Waals surface area (Å²) in [6.45, 7) is 4.17. The lowest BCUT2D eigenvalue weighted by Crippen LogP contribution is -2.34. The van der Waals surface area contributed by atoms with Crippen molar-refractivity contribution in [2.45, 2.75) is 39.2 Å². The van der Waals surface area contributed by atoms with E-state index < -0.39 is 0 Å². The number of hydrogen-bond donors (Lipinski definition) is 1. The van der Waals surface area contributed by atoms with Crippen LogP contribution < -0.4 is 5.32 Å². The van der Waals surface area contributed by atoms with Crippen LogP contribution in [0.3, 0.4) is 0 Å². The highest BCUT2D eigenvalue weighted by Gasteiger charge is 2.39. The minimum Gasteiger partial charge on any atom is -0.469 e. The van der Waals surface area contributed by atoms with E-state index in [0.717, 1.165) is 25.0 Å². The fraction of sp³-hybridized carbons (Fsp3) is 0.615. The summed E-state index contributed by atoms with van der Waals surface area (Å²) in [5, 5.41) is 3.05. The van der Waals surface area contributed by atoms with Crippen LogP contribution >= 0.6 is 0 Å². The Balaban J connectivity index is 1.68. The van der Waals surface area contributed by atoms with Crippen molar-refractivity contribution >= 4 is 5.91 Å². The van der Waals surface area contributed by atoms with Gasteiger partial charge in [-0.3, -0.25) is 4.79 Å². The molecule has 1 aromatic heterocycles. The zero-order chi connectivity index (χ0) is 11.5. The van der Waals surface area contributed by atoms with E-state index in [0.29, 0.717) is 5.92 Å². The number of furan rings is 1. The Morgan fingerprint density at radius 2 is 2.44 bits per heavy atom. The Morgan fingerprint density at radius 3 is 3.00 bits per heavy atom. The molecule has 1 amide bonds. The van der Waals surface area contributed by atoms with Gasteiger partial charge in [0.05, 0.1) is 6.26 Å². The van der Waals surface area contributed by atoms with E-state index in [2.05, 4.69) is 12.2 Å². The van der Waals surface area contributed by atoms with Gasteiger partial charge in [0, 0.05) is 18.4 Å². The minimum atomic E-state index is 0.222. The quantitative estimate of drug-likeness (QED) is 0.829. The van der Waals surface area contributed by atoms with Crippen LogP contribution in [0.2, 0.25) is 0 Å². The van der Waals surface area contributed by atoms with Crippen molar-refractivity contribution < 1.29 is 9.21 Å². The molecular weight excluding hydrogens is 202 g/mol. The van der Waals surface area contributed by atoms with E-state index in [1.807, 2.05) is 19.1 Å². The van der Waals surface area contributed by atoms with Crippen LogP contribution in [0.15, 0.2) is 22.8 Å². The van der Waals surface area contributed by atoms with Crippen molar-refractivity contribution in [3.05, 3.63) is 24.2 Å². The lowest BCUT2D eigenvalue weighted by Gasteiger charge is -2.12. The number of carbonyl (C=O) groups is 1. The van der Waals surface area contributed by atoms with Gasteiger partial charge in [-0.1, -0.05) is 6.92 Å². The van der Waals surface area contributed by atoms with Crippen molar-refractivity contribution in [1.29, 1.82) is 0 Å². The number of aryl methyl sites for hydroxylation is 1. The molecule has 1 N–H and O–H groups in total. The fourth-order valence-corrected chi connectivity index (χ4v) is 1.92. The van der Waals surface area contributed by atoms with Crippen LogP contribution in [-0.4, -0.2) is 11.9 Å². The lowest BCUT2D eigenvalue weighted by molar-refractivity contribution is -0.123. The fourth-order valence-electron chi connectivity index (χ4n) is 1.92. The van der Waals surface area contributed by atoms with Gasteiger partial charge in [-0.05, 0) is 37.8 Å². The van der Waals surface area contributed by atoms with Gasteiger partial charge in [-0.2, -0.15) is 0 Å². The molecule has 0 spiro atoms. The van der Waals surface area contributed by atoms with Crippen LogP contribution in [0.1, 0.15) is 32.4 Å². The molecule has 2 rings (SSSR count). The third-order valence-electron chi connectivity index (χ3n) is 3.24. The number of rotatable bonds is 5. The molecule has 0 aliphatic heterocycles. The summed E-state index contributed by atoms with van der Waals surface area (Å²) < 4.78 is 5.25. The number of amides is 1. The molecule has 0 radical (unpaired) electrons. The highest BCUT2D eigenvalue weighted by molar-refractivity contribution is 5.81. The molecule has 3 atom stereocenters. The van der Waals surface area contributed by atoms with Crippen molar-refractivity contribution in [1.82, 2.24) is 5.32 Å². The summed E-state index contributed by atoms with van der Waals surface area (Å²) >= 11 is 0. The van der Waals surface area contributed by atoms with Gasteiger partial charge >= 0.3 is 0 Å². The summed E-state index contributed by atoms with van der Waals surface area (Å²) in [6.07, 6.45) is 4.55. The largest absolute Gasteiger partial charge is 0.469 e. The molecular formula is C13H19NO2. The Bertz CT molecular complexity index is 345. The maximum Gasteiger partial charge on any atom is 0.223 e. The molecule has 1 aromatic rings. The molecule has 1 fully saturated rings. The predicted molar refractivity (Wildman–Crippen MR) is 61.9 cm³/mol. The topological polar surface area (TPSA) is 42.2 Å². The van der Waals surface area contributed by atoms with Gasteiger partial charge in [0.25, 0.3) is 0 Å². The third kappa shape index (κ3) is 2.87. The third-order valence-corrected chi connectivity index (χ3v) is 3.24. The summed E-state index contributed by atoms with van der Waals surface area (Å²) in [6, 6.07) is 4.09. The van der Waals surface area contributed by atoms with E-state index in [1.54, 1.807) is 6.26 Å². The molecule has 1 aliphatic rings. The SMILES string of the molecule is C[C@H](CCc1ccco1)NC(=O)[C@H]1C[C@@H]1C. The Kier molecular flexibility index (Phi) is 3.32. The molecule has 0 aromatic carbocycles. The van der Waals surface area contributed by atoms with Gasteiger partial charge in [0.1, 0.15) is 5.76 Å². The first-order chi connectivity index (χ1) is 7.66. The van der Waals surface area contributed by atoms with Gasteiger partial charge in [0.2, 0.25) is 5.91 Å². The molecule has 88 valence electrons. The average molecular weight is 221 g/mol. The first-order valence-corrected chi connectivity index (χ1v) is 5.99. The second-order valence-corrected chi connectivity index (χ2v) is 4.85. The summed E-state index contributed by atoms with van der Waals surface area (Å²) in [4.78, 5) is 11.7. The Labute approximate surface area is 96.2 Å². The van der Waals surface area contributed by atoms with Crippen molar-refractivity contribution in [3.8, 4) is 0 Å². The Morgan fingerprint density at radius 1 is 1.69 bits per heavy atom.